The van der Waals surface area contributed by atoms with E-state index in [1.54, 1.807) is 119 Å². The molecule has 0 saturated carbocycles. The molecule has 19 nitrogen and oxygen atoms in total. The van der Waals surface area contributed by atoms with Crippen molar-refractivity contribution in [2.24, 2.45) is 0 Å². The van der Waals surface area contributed by atoms with Crippen LogP contribution >= 0.6 is 11.3 Å². The van der Waals surface area contributed by atoms with Crippen molar-refractivity contribution < 1.29 is 45.7 Å². The van der Waals surface area contributed by atoms with Gasteiger partial charge in [0, 0.05) is 26.2 Å². The van der Waals surface area contributed by atoms with Crippen molar-refractivity contribution in [1.29, 1.82) is 5.26 Å². The number of ether oxygens (including phenoxy) is 4. The number of methoxy groups -OCH3 is 3. The van der Waals surface area contributed by atoms with Crippen LogP contribution in [0.2, 0.25) is 0 Å². The zero-order valence-electron chi connectivity index (χ0n) is 38.4. The van der Waals surface area contributed by atoms with Gasteiger partial charge in [0.15, 0.2) is 5.01 Å². The third-order valence-corrected chi connectivity index (χ3v) is 14.8. The molecule has 0 unspecified atom stereocenters. The third kappa shape index (κ3) is 12.2. The number of alkyl carbamates (subject to hydrolysis) is 1. The van der Waals surface area contributed by atoms with Gasteiger partial charge in [-0.1, -0.05) is 48.5 Å². The van der Waals surface area contributed by atoms with Gasteiger partial charge in [-0.15, -0.1) is 21.5 Å². The van der Waals surface area contributed by atoms with E-state index in [1.165, 1.54) is 36.4 Å². The average molecular weight is 996 g/mol. The Hall–Kier alpha value is -7.00. The smallest absolute Gasteiger partial charge is 0.407 e. The van der Waals surface area contributed by atoms with Crippen molar-refractivity contribution in [3.8, 4) is 45.8 Å². The van der Waals surface area contributed by atoms with Gasteiger partial charge in [-0.3, -0.25) is 0 Å². The van der Waals surface area contributed by atoms with Crippen LogP contribution in [0.15, 0.2) is 113 Å². The predicted molar refractivity (Wildman–Crippen MR) is 257 cm³/mol. The molecule has 7 aromatic rings. The van der Waals surface area contributed by atoms with E-state index in [2.05, 4.69) is 36.5 Å². The maximum Gasteiger partial charge on any atom is 0.407 e. The zero-order valence-corrected chi connectivity index (χ0v) is 40.9. The van der Waals surface area contributed by atoms with Gasteiger partial charge in [0.2, 0.25) is 25.9 Å². The number of aliphatic hydroxyl groups is 1. The highest BCUT2D eigenvalue weighted by Crippen LogP contribution is 2.42. The molecule has 7 rings (SSSR count). The number of aliphatic hydroxyl groups excluding tert-OH is 1. The molecule has 2 aromatic heterocycles. The van der Waals surface area contributed by atoms with Gasteiger partial charge in [0.1, 0.15) is 38.7 Å². The lowest BCUT2D eigenvalue weighted by molar-refractivity contribution is 0.0494. The Morgan fingerprint density at radius 2 is 1.41 bits per heavy atom. The van der Waals surface area contributed by atoms with Gasteiger partial charge >= 0.3 is 6.09 Å². The van der Waals surface area contributed by atoms with Crippen LogP contribution in [0.1, 0.15) is 42.5 Å². The molecular weight excluding hydrogens is 947 g/mol. The summed E-state index contributed by atoms with van der Waals surface area (Å²) in [5.41, 5.74) is 1.81. The number of rotatable bonds is 19. The van der Waals surface area contributed by atoms with E-state index in [0.717, 1.165) is 15.9 Å². The Bertz CT molecular complexity index is 3160. The molecule has 3 N–H and O–H groups in total. The van der Waals surface area contributed by atoms with E-state index >= 15 is 8.42 Å². The number of hydrogen-bond donors (Lipinski definition) is 3. The second kappa shape index (κ2) is 21.1. The molecule has 0 radical (unpaired) electrons. The van der Waals surface area contributed by atoms with Crippen molar-refractivity contribution in [2.75, 3.05) is 34.4 Å². The number of carbonyl (C=O) groups is 1. The number of sulfonamides is 2. The van der Waals surface area contributed by atoms with Gasteiger partial charge in [0.05, 0.1) is 49.8 Å². The molecule has 0 saturated heterocycles. The van der Waals surface area contributed by atoms with Crippen LogP contribution in [0, 0.1) is 11.3 Å². The Morgan fingerprint density at radius 1 is 0.826 bits per heavy atom. The molecule has 1 atom stereocenters. The van der Waals surface area contributed by atoms with Crippen molar-refractivity contribution in [1.82, 2.24) is 39.5 Å². The van der Waals surface area contributed by atoms with Crippen molar-refractivity contribution in [3.05, 3.63) is 125 Å². The molecule has 2 heterocycles. The molecule has 360 valence electrons. The molecule has 5 aromatic carbocycles. The summed E-state index contributed by atoms with van der Waals surface area (Å²) in [5.74, 6) is 1.45. The number of tetrazole rings is 1. The van der Waals surface area contributed by atoms with Gasteiger partial charge < -0.3 is 29.4 Å². The highest BCUT2D eigenvalue weighted by atomic mass is 32.2. The number of aromatic nitrogens is 5. The topological polar surface area (TPSA) is 250 Å². The van der Waals surface area contributed by atoms with Crippen LogP contribution < -0.4 is 24.2 Å². The molecule has 0 aliphatic carbocycles. The van der Waals surface area contributed by atoms with E-state index in [4.69, 9.17) is 18.9 Å². The second-order valence-corrected chi connectivity index (χ2v) is 21.1. The number of nitrogens with one attached hydrogen (secondary N) is 2. The van der Waals surface area contributed by atoms with Crippen molar-refractivity contribution in [2.45, 2.75) is 61.9 Å². The minimum atomic E-state index is -5.00. The van der Waals surface area contributed by atoms with Gasteiger partial charge in [-0.25, -0.2) is 31.3 Å². The first-order valence-corrected chi connectivity index (χ1v) is 24.9. The quantitative estimate of drug-likeness (QED) is 0.0826. The van der Waals surface area contributed by atoms with Crippen LogP contribution in [0.25, 0.3) is 32.7 Å². The zero-order chi connectivity index (χ0) is 49.5. The lowest BCUT2D eigenvalue weighted by atomic mass is 9.99. The Kier molecular flexibility index (Phi) is 15.3. The number of benzene rings is 5. The summed E-state index contributed by atoms with van der Waals surface area (Å²) in [5, 5.41) is 36.5. The predicted octanol–water partition coefficient (Wildman–Crippen LogP) is 6.12. The first kappa shape index (κ1) is 49.9. The van der Waals surface area contributed by atoms with Gasteiger partial charge in [-0.2, -0.15) is 14.4 Å². The first-order valence-electron chi connectivity index (χ1n) is 21.2. The summed E-state index contributed by atoms with van der Waals surface area (Å²) in [4.78, 5) is 16.7. The maximum atomic E-state index is 16.0. The third-order valence-electron chi connectivity index (χ3n) is 10.4. The first-order chi connectivity index (χ1) is 32.9. The van der Waals surface area contributed by atoms with Crippen LogP contribution in [0.5, 0.6) is 17.2 Å². The lowest BCUT2D eigenvalue weighted by Crippen LogP contribution is -2.42. The second-order valence-electron chi connectivity index (χ2n) is 16.5. The molecule has 0 fully saturated rings. The Balaban J connectivity index is 1.44. The molecule has 69 heavy (non-hydrogen) atoms. The molecule has 22 heteroatoms. The fraction of sp³-hybridized carbons (Fsp3) is 0.277. The average Bonchev–Trinajstić information content (AvgIpc) is 3.99. The monoisotopic (exact) mass is 995 g/mol. The van der Waals surface area contributed by atoms with E-state index < -0.39 is 60.7 Å². The van der Waals surface area contributed by atoms with Crippen LogP contribution in [0.3, 0.4) is 0 Å². The van der Waals surface area contributed by atoms with E-state index in [0.29, 0.717) is 44.2 Å². The minimum absolute atomic E-state index is 0.0892. The summed E-state index contributed by atoms with van der Waals surface area (Å²) in [6.07, 6.45) is -2.31. The SMILES string of the molecule is COc1ccc(CN(Cc2ccc(OC)cc2)S(=O)(=O)c2c(S(=O)(=O)NC[C@H](O)CNC(=O)OC(C)(C)C)ccc(-c3ccc4sc(C#N)nc4c3)c2-c2nnn(Cc3ccc(OC)cc3)n2)cc1. The molecule has 1 amide bonds. The summed E-state index contributed by atoms with van der Waals surface area (Å²) in [7, 11) is -5.32. The van der Waals surface area contributed by atoms with Gasteiger partial charge in [-0.05, 0) is 108 Å². The Labute approximate surface area is 403 Å². The van der Waals surface area contributed by atoms with Crippen molar-refractivity contribution >= 4 is 47.7 Å². The molecule has 0 aliphatic heterocycles. The van der Waals surface area contributed by atoms with Crippen LogP contribution in [-0.4, -0.2) is 104 Å². The summed E-state index contributed by atoms with van der Waals surface area (Å²) >= 11 is 1.17. The molecular formula is C47H49N9O10S3. The number of hydrogen-bond acceptors (Lipinski definition) is 16. The summed E-state index contributed by atoms with van der Waals surface area (Å²) in [6.45, 7) is 3.54. The minimum Gasteiger partial charge on any atom is -0.497 e. The number of nitriles is 1. The summed E-state index contributed by atoms with van der Waals surface area (Å²) in [6, 6.07) is 30.4. The highest BCUT2D eigenvalue weighted by Gasteiger charge is 2.38. The number of nitrogens with zero attached hydrogens (tertiary/aromatic N) is 7. The summed E-state index contributed by atoms with van der Waals surface area (Å²) < 4.78 is 87.0. The van der Waals surface area contributed by atoms with E-state index in [1.807, 2.05) is 0 Å². The lowest BCUT2D eigenvalue weighted by Gasteiger charge is -2.26. The molecule has 0 spiro atoms. The number of thiazole rings is 1. The fourth-order valence-corrected chi connectivity index (χ4v) is 11.3. The largest absolute Gasteiger partial charge is 0.497 e. The van der Waals surface area contributed by atoms with Crippen molar-refractivity contribution in [3.63, 3.8) is 0 Å². The normalized spacial score (nSPS) is 12.4. The van der Waals surface area contributed by atoms with E-state index in [9.17, 15) is 23.6 Å². The fourth-order valence-electron chi connectivity index (χ4n) is 7.04. The molecule has 0 bridgehead atoms. The number of fused-ring (bicyclic) bond motifs is 1. The van der Waals surface area contributed by atoms with Crippen LogP contribution in [-0.2, 0) is 44.4 Å². The number of amides is 1. The molecule has 0 aliphatic rings. The van der Waals surface area contributed by atoms with E-state index in [-0.39, 0.29) is 41.6 Å². The van der Waals surface area contributed by atoms with Crippen LogP contribution in [0.4, 0.5) is 4.79 Å². The van der Waals surface area contributed by atoms with Gasteiger partial charge in [0.25, 0.3) is 0 Å². The Morgan fingerprint density at radius 3 is 1.96 bits per heavy atom. The highest BCUT2D eigenvalue weighted by molar-refractivity contribution is 7.92. The number of carbonyl (C=O) groups excluding carboxylic acids is 1. The standard InChI is InChI=1S/C47H49N9O10S3/c1-47(2,3)66-46(58)49-25-34(57)26-50-68(59,60)41-22-20-38(33-13-21-40-39(23-33)51-42(24-48)67-40)43(45-52-54-56(53-45)29-32-11-18-37(65-6)19-12-32)44(41)69(61,62)55(27-30-7-14-35(63-4)15-8-30)28-31-9-16-36(64-5)17-10-31/h7-23,34,50,57H,25-29H2,1-6H3,(H,49,58)/t34-/m1/s1. The maximum absolute atomic E-state index is 16.0.